The monoisotopic (exact) mass is 1010 g/mol. The fourth-order valence-corrected chi connectivity index (χ4v) is 15.4. The predicted molar refractivity (Wildman–Crippen MR) is 291 cm³/mol. The molecule has 0 aromatic carbocycles. The Bertz CT molecular complexity index is 1690. The summed E-state index contributed by atoms with van der Waals surface area (Å²) in [6.07, 6.45) is 38.5. The number of allylic oxidation sites excluding steroid dienone is 2. The summed E-state index contributed by atoms with van der Waals surface area (Å²) < 4.78 is 0. The van der Waals surface area contributed by atoms with Gasteiger partial charge in [-0.2, -0.15) is 0 Å². The normalized spacial score (nSPS) is 29.3. The predicted octanol–water partition coefficient (Wildman–Crippen LogP) is 11.7. The quantitative estimate of drug-likeness (QED) is 0.0369. The molecule has 4 saturated carbocycles. The van der Waals surface area contributed by atoms with Crippen LogP contribution in [0.1, 0.15) is 240 Å². The molecule has 72 heavy (non-hydrogen) atoms. The van der Waals surface area contributed by atoms with Crippen LogP contribution < -0.4 is 10.6 Å². The lowest BCUT2D eigenvalue weighted by atomic mass is 9.44. The first-order valence-corrected chi connectivity index (χ1v) is 30.3. The zero-order chi connectivity index (χ0) is 51.9. The van der Waals surface area contributed by atoms with Crippen molar-refractivity contribution in [2.75, 3.05) is 39.4 Å². The standard InChI is InChI=1S/C61H106N4O7/c1-6-8-9-10-11-12-13-14-15-16-17-18-19-20-24-27-56(69)63-49-35-37-60(4)48(40-49)30-31-52-54-33-32-53(61(54,5)38-36-55(52)60)46(3)29-34-58(71)64(43-57(70)62-7-2)42-51(68)26-23-21-22-25-28-59(72)65-41-47(44-66)39-50(65)45-67/h14-15,46-50,52-55,66-67H,6-13,16-45H2,1-5H3,(H,62,70)(H,63,69)/b15-14-/t46-,47-,48?,49+,50+,52?,53-,54?,55?,60+,61-/m1/s1. The van der Waals surface area contributed by atoms with Gasteiger partial charge in [0.15, 0.2) is 5.78 Å². The van der Waals surface area contributed by atoms with E-state index in [0.717, 1.165) is 62.7 Å². The van der Waals surface area contributed by atoms with Gasteiger partial charge in [0.1, 0.15) is 0 Å². The van der Waals surface area contributed by atoms with Gasteiger partial charge in [-0.05, 0) is 169 Å². The number of carbonyl (C=O) groups excluding carboxylic acids is 5. The van der Waals surface area contributed by atoms with Gasteiger partial charge in [-0.1, -0.05) is 104 Å². The van der Waals surface area contributed by atoms with Crippen molar-refractivity contribution in [3.8, 4) is 0 Å². The van der Waals surface area contributed by atoms with Crippen LogP contribution in [0, 0.1) is 52.3 Å². The van der Waals surface area contributed by atoms with E-state index in [1.807, 2.05) is 6.92 Å². The van der Waals surface area contributed by atoms with Crippen LogP contribution >= 0.6 is 0 Å². The largest absolute Gasteiger partial charge is 0.396 e. The number of likely N-dealkylation sites (N-methyl/N-ethyl adjacent to an activating group) is 1. The molecule has 5 fully saturated rings. The first kappa shape index (κ1) is 60.1. The topological polar surface area (TPSA) is 156 Å². The number of aliphatic hydroxyl groups excluding tert-OH is 2. The molecule has 11 nitrogen and oxygen atoms in total. The minimum absolute atomic E-state index is 0.0110. The maximum atomic E-state index is 13.9. The number of unbranched alkanes of at least 4 members (excludes halogenated alkanes) is 14. The maximum absolute atomic E-state index is 13.9. The van der Waals surface area contributed by atoms with Crippen LogP contribution in [0.2, 0.25) is 0 Å². The average Bonchev–Trinajstić information content (AvgIpc) is 3.96. The molecule has 1 saturated heterocycles. The second-order valence-electron chi connectivity index (χ2n) is 24.6. The molecule has 11 atom stereocenters. The number of nitrogens with one attached hydrogen (secondary N) is 2. The number of carbonyl (C=O) groups is 5. The third-order valence-electron chi connectivity index (χ3n) is 19.6. The minimum Gasteiger partial charge on any atom is -0.396 e. The Morgan fingerprint density at radius 3 is 1.99 bits per heavy atom. The van der Waals surface area contributed by atoms with E-state index in [1.165, 1.54) is 120 Å². The molecule has 4 aliphatic carbocycles. The number of ketones is 1. The average molecular weight is 1010 g/mol. The van der Waals surface area contributed by atoms with Crippen molar-refractivity contribution in [2.45, 2.75) is 252 Å². The van der Waals surface area contributed by atoms with Crippen LogP contribution in [0.25, 0.3) is 0 Å². The third-order valence-corrected chi connectivity index (χ3v) is 19.6. The number of amides is 4. The molecule has 11 heteroatoms. The molecular weight excluding hydrogens is 901 g/mol. The molecule has 0 spiro atoms. The van der Waals surface area contributed by atoms with E-state index >= 15 is 0 Å². The van der Waals surface area contributed by atoms with Crippen molar-refractivity contribution in [1.29, 1.82) is 0 Å². The highest BCUT2D eigenvalue weighted by atomic mass is 16.3. The zero-order valence-corrected chi connectivity index (χ0v) is 46.6. The minimum atomic E-state index is -0.239. The summed E-state index contributed by atoms with van der Waals surface area (Å²) >= 11 is 0. The highest BCUT2D eigenvalue weighted by molar-refractivity contribution is 5.89. The van der Waals surface area contributed by atoms with Gasteiger partial charge in [0.25, 0.3) is 0 Å². The Labute approximate surface area is 438 Å². The van der Waals surface area contributed by atoms with Crippen LogP contribution in [0.4, 0.5) is 0 Å². The van der Waals surface area contributed by atoms with Crippen LogP contribution in [0.15, 0.2) is 12.2 Å². The van der Waals surface area contributed by atoms with E-state index in [9.17, 15) is 34.2 Å². The van der Waals surface area contributed by atoms with Gasteiger partial charge in [-0.15, -0.1) is 0 Å². The van der Waals surface area contributed by atoms with E-state index in [0.29, 0.717) is 87.2 Å². The number of Topliss-reactive ketones (excluding diaryl/α,β-unsaturated/α-hetero) is 1. The molecule has 4 unspecified atom stereocenters. The summed E-state index contributed by atoms with van der Waals surface area (Å²) in [6, 6.07) is 0.105. The summed E-state index contributed by atoms with van der Waals surface area (Å²) in [7, 11) is 0. The van der Waals surface area contributed by atoms with Gasteiger partial charge in [0, 0.05) is 57.3 Å². The van der Waals surface area contributed by atoms with Gasteiger partial charge in [-0.3, -0.25) is 24.0 Å². The van der Waals surface area contributed by atoms with E-state index < -0.39 is 0 Å². The second kappa shape index (κ2) is 31.3. The number of hydrogen-bond acceptors (Lipinski definition) is 7. The summed E-state index contributed by atoms with van der Waals surface area (Å²) in [5, 5.41) is 25.5. The smallest absolute Gasteiger partial charge is 0.239 e. The summed E-state index contributed by atoms with van der Waals surface area (Å²) in [5.74, 6) is 3.76. The van der Waals surface area contributed by atoms with Crippen molar-refractivity contribution in [1.82, 2.24) is 20.4 Å². The Morgan fingerprint density at radius 2 is 1.31 bits per heavy atom. The fourth-order valence-electron chi connectivity index (χ4n) is 15.4. The zero-order valence-electron chi connectivity index (χ0n) is 46.6. The van der Waals surface area contributed by atoms with Gasteiger partial charge in [0.05, 0.1) is 25.7 Å². The molecule has 412 valence electrons. The van der Waals surface area contributed by atoms with Crippen LogP contribution in [-0.4, -0.2) is 101 Å². The number of fused-ring (bicyclic) bond motifs is 5. The summed E-state index contributed by atoms with van der Waals surface area (Å²) in [4.78, 5) is 69.0. The van der Waals surface area contributed by atoms with Gasteiger partial charge in [-0.25, -0.2) is 0 Å². The fraction of sp³-hybridized carbons (Fsp3) is 0.885. The number of nitrogens with zero attached hydrogens (tertiary/aromatic N) is 2. The van der Waals surface area contributed by atoms with Crippen molar-refractivity contribution in [3.63, 3.8) is 0 Å². The molecule has 0 bridgehead atoms. The van der Waals surface area contributed by atoms with E-state index in [1.54, 1.807) is 4.90 Å². The molecule has 5 aliphatic rings. The van der Waals surface area contributed by atoms with E-state index in [2.05, 4.69) is 50.5 Å². The molecule has 4 amide bonds. The third kappa shape index (κ3) is 17.6. The lowest BCUT2D eigenvalue weighted by Gasteiger charge is -2.61. The lowest BCUT2D eigenvalue weighted by molar-refractivity contribution is -0.139. The van der Waals surface area contributed by atoms with Gasteiger partial charge < -0.3 is 30.6 Å². The molecule has 0 aromatic heterocycles. The first-order chi connectivity index (χ1) is 34.8. The van der Waals surface area contributed by atoms with E-state index in [4.69, 9.17) is 0 Å². The Hall–Kier alpha value is -2.79. The molecule has 1 aliphatic heterocycles. The Kier molecular flexibility index (Phi) is 26.1. The second-order valence-corrected chi connectivity index (χ2v) is 24.6. The maximum Gasteiger partial charge on any atom is 0.239 e. The Balaban J connectivity index is 0.987. The number of likely N-dealkylation sites (tertiary alicyclic amines) is 1. The van der Waals surface area contributed by atoms with E-state index in [-0.39, 0.29) is 73.1 Å². The van der Waals surface area contributed by atoms with Crippen molar-refractivity contribution < 1.29 is 34.2 Å². The van der Waals surface area contributed by atoms with Gasteiger partial charge >= 0.3 is 0 Å². The van der Waals surface area contributed by atoms with Crippen molar-refractivity contribution in [3.05, 3.63) is 12.2 Å². The highest BCUT2D eigenvalue weighted by Crippen LogP contribution is 2.68. The van der Waals surface area contributed by atoms with Gasteiger partial charge in [0.2, 0.25) is 23.6 Å². The molecule has 4 N–H and O–H groups in total. The van der Waals surface area contributed by atoms with Crippen LogP contribution in [0.5, 0.6) is 0 Å². The lowest BCUT2D eigenvalue weighted by Crippen LogP contribution is -2.55. The number of hydrogen-bond donors (Lipinski definition) is 4. The molecular formula is C61H106N4O7. The molecule has 1 heterocycles. The Morgan fingerprint density at radius 1 is 0.667 bits per heavy atom. The SMILES string of the molecule is CCCCCCCC/C=C\CCCCCCCC(=O)N[C@H]1CC[C@@]2(C)C(CCC3C2CC[C@@]2(C)C3CC[C@@H]2[C@H](C)CCC(=O)N(CC(=O)CCCCCCC(=O)N2C[C@H](CO)C[C@H]2CO)CC(=O)NCC)C1. The molecule has 0 aromatic rings. The van der Waals surface area contributed by atoms with Crippen molar-refractivity contribution >= 4 is 29.4 Å². The number of rotatable bonds is 34. The highest BCUT2D eigenvalue weighted by Gasteiger charge is 2.60. The molecule has 5 rings (SSSR count). The first-order valence-electron chi connectivity index (χ1n) is 30.3. The molecule has 0 radical (unpaired) electrons. The van der Waals surface area contributed by atoms with Crippen molar-refractivity contribution in [2.24, 2.45) is 52.3 Å². The summed E-state index contributed by atoms with van der Waals surface area (Å²) in [6.45, 7) is 12.4. The van der Waals surface area contributed by atoms with Crippen LogP contribution in [0.3, 0.4) is 0 Å². The van der Waals surface area contributed by atoms with Crippen LogP contribution in [-0.2, 0) is 24.0 Å². The summed E-state index contributed by atoms with van der Waals surface area (Å²) in [5.41, 5.74) is 0.617. The number of aliphatic hydroxyl groups is 2.